The van der Waals surface area contributed by atoms with Gasteiger partial charge >= 0.3 is 0 Å². The summed E-state index contributed by atoms with van der Waals surface area (Å²) in [6.45, 7) is 11.8. The van der Waals surface area contributed by atoms with Crippen molar-refractivity contribution in [3.8, 4) is 0 Å². The van der Waals surface area contributed by atoms with Gasteiger partial charge in [-0.05, 0) is 69.0 Å². The largest absolute Gasteiger partial charge is 0.305 e. The Labute approximate surface area is 128 Å². The molecule has 0 aliphatic carbocycles. The van der Waals surface area contributed by atoms with Crippen LogP contribution < -0.4 is 5.32 Å². The van der Waals surface area contributed by atoms with Crippen molar-refractivity contribution < 1.29 is 0 Å². The number of hydrogen-bond donors (Lipinski definition) is 1. The van der Waals surface area contributed by atoms with Crippen LogP contribution in [0.25, 0.3) is 0 Å². The fraction of sp³-hybridized carbons (Fsp3) is 0.500. The lowest BCUT2D eigenvalue weighted by atomic mass is 9.94. The third-order valence-electron chi connectivity index (χ3n) is 4.13. The zero-order valence-electron chi connectivity index (χ0n) is 14.1. The molecule has 0 radical (unpaired) electrons. The minimum Gasteiger partial charge on any atom is -0.305 e. The van der Waals surface area contributed by atoms with Crippen molar-refractivity contribution in [1.82, 2.24) is 15.1 Å². The van der Waals surface area contributed by atoms with E-state index in [-0.39, 0.29) is 6.04 Å². The highest BCUT2D eigenvalue weighted by Gasteiger charge is 2.20. The van der Waals surface area contributed by atoms with Gasteiger partial charge in [0.25, 0.3) is 0 Å². The van der Waals surface area contributed by atoms with Gasteiger partial charge in [0.2, 0.25) is 0 Å². The SMILES string of the molecule is CCCNC(c1cc(C)c(C)cc1C)c1cc(C)nn1C. The molecule has 2 rings (SSSR count). The zero-order valence-corrected chi connectivity index (χ0v) is 14.1. The van der Waals surface area contributed by atoms with Crippen LogP contribution in [-0.4, -0.2) is 16.3 Å². The molecule has 0 fully saturated rings. The van der Waals surface area contributed by atoms with Crippen LogP contribution in [0.15, 0.2) is 18.2 Å². The van der Waals surface area contributed by atoms with Crippen molar-refractivity contribution in [2.75, 3.05) is 6.54 Å². The summed E-state index contributed by atoms with van der Waals surface area (Å²) < 4.78 is 2.00. The number of hydrogen-bond acceptors (Lipinski definition) is 2. The second kappa shape index (κ2) is 6.44. The molecule has 1 unspecified atom stereocenters. The Bertz CT molecular complexity index is 626. The minimum absolute atomic E-state index is 0.204. The lowest BCUT2D eigenvalue weighted by Crippen LogP contribution is -2.26. The van der Waals surface area contributed by atoms with Gasteiger partial charge in [-0.25, -0.2) is 0 Å². The molecule has 0 aliphatic rings. The number of benzene rings is 1. The molecule has 0 spiro atoms. The highest BCUT2D eigenvalue weighted by atomic mass is 15.3. The quantitative estimate of drug-likeness (QED) is 0.907. The standard InChI is InChI=1S/C18H27N3/c1-7-8-19-18(17-11-15(5)20-21(17)6)16-10-13(3)12(2)9-14(16)4/h9-11,18-19H,7-8H2,1-6H3. The van der Waals surface area contributed by atoms with Gasteiger partial charge in [0.05, 0.1) is 17.4 Å². The van der Waals surface area contributed by atoms with E-state index in [9.17, 15) is 0 Å². The number of nitrogens with one attached hydrogen (secondary N) is 1. The Balaban J connectivity index is 2.50. The summed E-state index contributed by atoms with van der Waals surface area (Å²) >= 11 is 0. The Kier molecular flexibility index (Phi) is 4.84. The molecule has 0 aliphatic heterocycles. The van der Waals surface area contributed by atoms with Gasteiger partial charge in [-0.15, -0.1) is 0 Å². The van der Waals surface area contributed by atoms with E-state index in [4.69, 9.17) is 0 Å². The lowest BCUT2D eigenvalue weighted by molar-refractivity contribution is 0.551. The molecule has 2 aromatic rings. The van der Waals surface area contributed by atoms with Crippen LogP contribution in [-0.2, 0) is 7.05 Å². The molecular weight excluding hydrogens is 258 g/mol. The maximum Gasteiger partial charge on any atom is 0.0750 e. The first kappa shape index (κ1) is 15.8. The van der Waals surface area contributed by atoms with E-state index in [0.29, 0.717) is 0 Å². The van der Waals surface area contributed by atoms with Crippen molar-refractivity contribution in [3.05, 3.63) is 51.8 Å². The number of nitrogens with zero attached hydrogens (tertiary/aromatic N) is 2. The fourth-order valence-electron chi connectivity index (χ4n) is 2.86. The average molecular weight is 285 g/mol. The topological polar surface area (TPSA) is 29.9 Å². The van der Waals surface area contributed by atoms with Crippen molar-refractivity contribution >= 4 is 0 Å². The maximum atomic E-state index is 4.51. The van der Waals surface area contributed by atoms with Crippen LogP contribution in [0.1, 0.15) is 53.0 Å². The molecular formula is C18H27N3. The van der Waals surface area contributed by atoms with Crippen molar-refractivity contribution in [1.29, 1.82) is 0 Å². The van der Waals surface area contributed by atoms with E-state index < -0.39 is 0 Å². The third kappa shape index (κ3) is 3.35. The molecule has 114 valence electrons. The van der Waals surface area contributed by atoms with Gasteiger partial charge in [-0.3, -0.25) is 4.68 Å². The van der Waals surface area contributed by atoms with E-state index in [2.05, 4.69) is 56.3 Å². The van der Waals surface area contributed by atoms with Crippen LogP contribution in [0.3, 0.4) is 0 Å². The van der Waals surface area contributed by atoms with Crippen LogP contribution >= 0.6 is 0 Å². The van der Waals surface area contributed by atoms with E-state index in [1.807, 2.05) is 18.7 Å². The number of rotatable bonds is 5. The first-order chi connectivity index (χ1) is 9.93. The Morgan fingerprint density at radius 1 is 1.05 bits per heavy atom. The van der Waals surface area contributed by atoms with Crippen molar-refractivity contribution in [2.45, 2.75) is 47.1 Å². The first-order valence-electron chi connectivity index (χ1n) is 7.75. The molecule has 1 aromatic heterocycles. The van der Waals surface area contributed by atoms with Crippen LogP contribution in [0, 0.1) is 27.7 Å². The van der Waals surface area contributed by atoms with Crippen molar-refractivity contribution in [2.24, 2.45) is 7.05 Å². The van der Waals surface area contributed by atoms with Crippen LogP contribution in [0.4, 0.5) is 0 Å². The molecule has 1 N–H and O–H groups in total. The Hall–Kier alpha value is -1.61. The summed E-state index contributed by atoms with van der Waals surface area (Å²) in [4.78, 5) is 0. The van der Waals surface area contributed by atoms with Gasteiger partial charge in [0, 0.05) is 7.05 Å². The van der Waals surface area contributed by atoms with Gasteiger partial charge in [-0.1, -0.05) is 19.1 Å². The van der Waals surface area contributed by atoms with Gasteiger partial charge in [0.15, 0.2) is 0 Å². The van der Waals surface area contributed by atoms with Gasteiger partial charge < -0.3 is 5.32 Å². The average Bonchev–Trinajstić information content (AvgIpc) is 2.75. The highest BCUT2D eigenvalue weighted by molar-refractivity contribution is 5.41. The fourth-order valence-corrected chi connectivity index (χ4v) is 2.86. The van der Waals surface area contributed by atoms with Gasteiger partial charge in [0.1, 0.15) is 0 Å². The lowest BCUT2D eigenvalue weighted by Gasteiger charge is -2.22. The third-order valence-corrected chi connectivity index (χ3v) is 4.13. The molecule has 1 aromatic carbocycles. The van der Waals surface area contributed by atoms with E-state index in [1.54, 1.807) is 0 Å². The smallest absolute Gasteiger partial charge is 0.0750 e. The Morgan fingerprint density at radius 3 is 2.29 bits per heavy atom. The molecule has 1 heterocycles. The molecule has 3 heteroatoms. The first-order valence-corrected chi connectivity index (χ1v) is 7.75. The summed E-state index contributed by atoms with van der Waals surface area (Å²) in [5.41, 5.74) is 7.69. The normalized spacial score (nSPS) is 12.7. The van der Waals surface area contributed by atoms with Crippen molar-refractivity contribution in [3.63, 3.8) is 0 Å². The van der Waals surface area contributed by atoms with Crippen LogP contribution in [0.5, 0.6) is 0 Å². The second-order valence-corrected chi connectivity index (χ2v) is 6.01. The summed E-state index contributed by atoms with van der Waals surface area (Å²) in [5.74, 6) is 0. The molecule has 0 saturated carbocycles. The highest BCUT2D eigenvalue weighted by Crippen LogP contribution is 2.27. The van der Waals surface area contributed by atoms with E-state index in [1.165, 1.54) is 27.9 Å². The molecule has 21 heavy (non-hydrogen) atoms. The molecule has 0 bridgehead atoms. The zero-order chi connectivity index (χ0) is 15.6. The minimum atomic E-state index is 0.204. The van der Waals surface area contributed by atoms with Gasteiger partial charge in [-0.2, -0.15) is 5.10 Å². The monoisotopic (exact) mass is 285 g/mol. The summed E-state index contributed by atoms with van der Waals surface area (Å²) in [6, 6.07) is 6.99. The summed E-state index contributed by atoms with van der Waals surface area (Å²) in [6.07, 6.45) is 1.12. The summed E-state index contributed by atoms with van der Waals surface area (Å²) in [7, 11) is 2.03. The molecule has 1 atom stereocenters. The van der Waals surface area contributed by atoms with E-state index >= 15 is 0 Å². The molecule has 0 saturated heterocycles. The van der Waals surface area contributed by atoms with Crippen LogP contribution in [0.2, 0.25) is 0 Å². The van der Waals surface area contributed by atoms with E-state index in [0.717, 1.165) is 18.7 Å². The second-order valence-electron chi connectivity index (χ2n) is 6.01. The maximum absolute atomic E-state index is 4.51. The molecule has 0 amide bonds. The predicted octanol–water partition coefficient (Wildman–Crippen LogP) is 3.74. The predicted molar refractivity (Wildman–Crippen MR) is 88.7 cm³/mol. The Morgan fingerprint density at radius 2 is 1.71 bits per heavy atom. The number of aromatic nitrogens is 2. The molecule has 3 nitrogen and oxygen atoms in total. The number of aryl methyl sites for hydroxylation is 5. The summed E-state index contributed by atoms with van der Waals surface area (Å²) in [5, 5.41) is 8.19.